The molecule has 0 atom stereocenters. The number of anilines is 1. The van der Waals surface area contributed by atoms with Gasteiger partial charge in [-0.3, -0.25) is 9.79 Å². The molecule has 0 spiro atoms. The highest BCUT2D eigenvalue weighted by molar-refractivity contribution is 6.32. The third-order valence-corrected chi connectivity index (χ3v) is 2.15. The van der Waals surface area contributed by atoms with Crippen molar-refractivity contribution in [2.45, 2.75) is 6.54 Å². The molecule has 1 aromatic carbocycles. The van der Waals surface area contributed by atoms with Gasteiger partial charge in [-0.2, -0.15) is 0 Å². The van der Waals surface area contributed by atoms with Crippen molar-refractivity contribution in [1.29, 1.82) is 0 Å². The summed E-state index contributed by atoms with van der Waals surface area (Å²) in [6.07, 6.45) is 1.38. The number of para-hydroxylation sites is 1. The number of hydrogen-bond acceptors (Lipinski definition) is 2. The van der Waals surface area contributed by atoms with E-state index in [0.29, 0.717) is 6.54 Å². The highest BCUT2D eigenvalue weighted by Crippen LogP contribution is 2.21. The van der Waals surface area contributed by atoms with Crippen LogP contribution in [0.3, 0.4) is 0 Å². The minimum absolute atomic E-state index is 0.0649. The second kappa shape index (κ2) is 3.01. The fourth-order valence-corrected chi connectivity index (χ4v) is 1.40. The topological polar surface area (TPSA) is 32.7 Å². The van der Waals surface area contributed by atoms with Gasteiger partial charge in [0.15, 0.2) is 0 Å². The predicted octanol–water partition coefficient (Wildman–Crippen LogP) is 1.23. The molecular weight excluding hydrogens is 164 g/mol. The van der Waals surface area contributed by atoms with Crippen LogP contribution in [0, 0.1) is 0 Å². The summed E-state index contributed by atoms with van der Waals surface area (Å²) in [6.45, 7) is 0.590. The maximum Gasteiger partial charge on any atom is 0.268 e. The zero-order chi connectivity index (χ0) is 9.26. The summed E-state index contributed by atoms with van der Waals surface area (Å²) in [4.78, 5) is 17.0. The van der Waals surface area contributed by atoms with E-state index in [4.69, 9.17) is 0 Å². The highest BCUT2D eigenvalue weighted by atomic mass is 16.2. The Hall–Kier alpha value is -1.64. The van der Waals surface area contributed by atoms with Gasteiger partial charge in [-0.1, -0.05) is 18.2 Å². The zero-order valence-corrected chi connectivity index (χ0v) is 7.40. The van der Waals surface area contributed by atoms with Gasteiger partial charge in [0.05, 0.1) is 12.8 Å². The van der Waals surface area contributed by atoms with Crippen molar-refractivity contribution < 1.29 is 4.79 Å². The predicted molar refractivity (Wildman–Crippen MR) is 52.0 cm³/mol. The fourth-order valence-electron chi connectivity index (χ4n) is 1.40. The maximum absolute atomic E-state index is 11.4. The number of benzene rings is 1. The van der Waals surface area contributed by atoms with Gasteiger partial charge in [0.25, 0.3) is 5.91 Å². The molecule has 66 valence electrons. The van der Waals surface area contributed by atoms with E-state index in [2.05, 4.69) is 4.99 Å². The molecule has 13 heavy (non-hydrogen) atoms. The number of hydrogen-bond donors (Lipinski definition) is 0. The Kier molecular flexibility index (Phi) is 1.85. The molecule has 1 heterocycles. The number of carbonyl (C=O) groups is 1. The summed E-state index contributed by atoms with van der Waals surface area (Å²) < 4.78 is 0. The monoisotopic (exact) mass is 174 g/mol. The molecule has 1 amide bonds. The van der Waals surface area contributed by atoms with Gasteiger partial charge in [-0.05, 0) is 11.6 Å². The first kappa shape index (κ1) is 7.98. The van der Waals surface area contributed by atoms with Gasteiger partial charge >= 0.3 is 0 Å². The molecule has 0 radical (unpaired) electrons. The molecule has 3 heteroatoms. The van der Waals surface area contributed by atoms with Crippen molar-refractivity contribution in [3.05, 3.63) is 29.8 Å². The SMILES string of the molecule is CN1C(=O)C=NCc2ccccc21. The largest absolute Gasteiger partial charge is 0.310 e. The average Bonchev–Trinajstić information content (AvgIpc) is 2.29. The van der Waals surface area contributed by atoms with Crippen LogP contribution >= 0.6 is 0 Å². The highest BCUT2D eigenvalue weighted by Gasteiger charge is 2.14. The second-order valence-corrected chi connectivity index (χ2v) is 3.00. The smallest absolute Gasteiger partial charge is 0.268 e. The minimum Gasteiger partial charge on any atom is -0.310 e. The lowest BCUT2D eigenvalue weighted by Crippen LogP contribution is -2.26. The summed E-state index contributed by atoms with van der Waals surface area (Å²) in [6, 6.07) is 7.80. The van der Waals surface area contributed by atoms with Crippen LogP contribution in [0.5, 0.6) is 0 Å². The van der Waals surface area contributed by atoms with E-state index in [1.165, 1.54) is 6.21 Å². The molecule has 0 fully saturated rings. The number of carbonyl (C=O) groups excluding carboxylic acids is 1. The summed E-state index contributed by atoms with van der Waals surface area (Å²) in [7, 11) is 1.76. The average molecular weight is 174 g/mol. The van der Waals surface area contributed by atoms with Gasteiger partial charge in [0.2, 0.25) is 0 Å². The van der Waals surface area contributed by atoms with Gasteiger partial charge in [-0.25, -0.2) is 0 Å². The molecule has 0 bridgehead atoms. The summed E-state index contributed by atoms with van der Waals surface area (Å²) in [5.74, 6) is -0.0649. The summed E-state index contributed by atoms with van der Waals surface area (Å²) >= 11 is 0. The van der Waals surface area contributed by atoms with Crippen LogP contribution in [-0.2, 0) is 11.3 Å². The van der Waals surface area contributed by atoms with E-state index in [0.717, 1.165) is 11.3 Å². The Morgan fingerprint density at radius 2 is 2.15 bits per heavy atom. The van der Waals surface area contributed by atoms with E-state index in [-0.39, 0.29) is 5.91 Å². The third-order valence-electron chi connectivity index (χ3n) is 2.15. The Morgan fingerprint density at radius 3 is 3.00 bits per heavy atom. The molecule has 0 unspecified atom stereocenters. The van der Waals surface area contributed by atoms with Crippen LogP contribution in [0.1, 0.15) is 5.56 Å². The van der Waals surface area contributed by atoms with Gasteiger partial charge in [0, 0.05) is 12.7 Å². The van der Waals surface area contributed by atoms with E-state index < -0.39 is 0 Å². The quantitative estimate of drug-likeness (QED) is 0.582. The summed E-state index contributed by atoms with van der Waals surface area (Å²) in [5.41, 5.74) is 2.04. The van der Waals surface area contributed by atoms with Crippen LogP contribution in [0.25, 0.3) is 0 Å². The first-order valence-corrected chi connectivity index (χ1v) is 4.14. The minimum atomic E-state index is -0.0649. The van der Waals surface area contributed by atoms with Gasteiger partial charge in [0.1, 0.15) is 0 Å². The van der Waals surface area contributed by atoms with Crippen molar-refractivity contribution in [2.75, 3.05) is 11.9 Å². The molecule has 1 aliphatic rings. The van der Waals surface area contributed by atoms with Gasteiger partial charge < -0.3 is 4.90 Å². The Bertz CT molecular complexity index is 371. The number of nitrogens with zero attached hydrogens (tertiary/aromatic N) is 2. The van der Waals surface area contributed by atoms with Crippen molar-refractivity contribution in [1.82, 2.24) is 0 Å². The second-order valence-electron chi connectivity index (χ2n) is 3.00. The van der Waals surface area contributed by atoms with Crippen LogP contribution in [0.2, 0.25) is 0 Å². The molecule has 0 aliphatic carbocycles. The molecule has 2 rings (SSSR count). The lowest BCUT2D eigenvalue weighted by molar-refractivity contribution is -0.111. The maximum atomic E-state index is 11.4. The first-order valence-electron chi connectivity index (χ1n) is 4.14. The number of amides is 1. The van der Waals surface area contributed by atoms with Crippen molar-refractivity contribution in [3.8, 4) is 0 Å². The van der Waals surface area contributed by atoms with Crippen LogP contribution in [-0.4, -0.2) is 19.2 Å². The van der Waals surface area contributed by atoms with Crippen LogP contribution < -0.4 is 4.90 Å². The van der Waals surface area contributed by atoms with E-state index in [1.54, 1.807) is 11.9 Å². The molecule has 0 aromatic heterocycles. The zero-order valence-electron chi connectivity index (χ0n) is 7.40. The number of rotatable bonds is 0. The standard InChI is InChI=1S/C10H10N2O/c1-12-9-5-3-2-4-8(9)6-11-7-10(12)13/h2-5,7H,6H2,1H3. The molecule has 0 N–H and O–H groups in total. The van der Waals surface area contributed by atoms with Gasteiger partial charge in [-0.15, -0.1) is 0 Å². The summed E-state index contributed by atoms with van der Waals surface area (Å²) in [5, 5.41) is 0. The Balaban J connectivity index is 2.52. The molecular formula is C10H10N2O. The molecule has 0 saturated carbocycles. The van der Waals surface area contributed by atoms with Crippen LogP contribution in [0.15, 0.2) is 29.3 Å². The molecule has 1 aliphatic heterocycles. The fraction of sp³-hybridized carbons (Fsp3) is 0.200. The molecule has 3 nitrogen and oxygen atoms in total. The Morgan fingerprint density at radius 1 is 1.38 bits per heavy atom. The lowest BCUT2D eigenvalue weighted by Gasteiger charge is -2.15. The Labute approximate surface area is 76.7 Å². The number of aliphatic imine (C=N–C) groups is 1. The van der Waals surface area contributed by atoms with Crippen molar-refractivity contribution in [2.24, 2.45) is 4.99 Å². The van der Waals surface area contributed by atoms with Crippen LogP contribution in [0.4, 0.5) is 5.69 Å². The third kappa shape index (κ3) is 1.33. The lowest BCUT2D eigenvalue weighted by atomic mass is 10.1. The normalized spacial score (nSPS) is 15.5. The van der Waals surface area contributed by atoms with Crippen molar-refractivity contribution in [3.63, 3.8) is 0 Å². The molecule has 1 aromatic rings. The van der Waals surface area contributed by atoms with Crippen molar-refractivity contribution >= 4 is 17.8 Å². The molecule has 0 saturated heterocycles. The van der Waals surface area contributed by atoms with E-state index in [9.17, 15) is 4.79 Å². The first-order chi connectivity index (χ1) is 6.29. The van der Waals surface area contributed by atoms with E-state index >= 15 is 0 Å². The van der Waals surface area contributed by atoms with E-state index in [1.807, 2.05) is 24.3 Å². The number of fused-ring (bicyclic) bond motifs is 1.